The van der Waals surface area contributed by atoms with Crippen LogP contribution in [0.15, 0.2) is 35.5 Å². The largest absolute Gasteiger partial charge is 0.339 e. The Morgan fingerprint density at radius 3 is 2.58 bits per heavy atom. The highest BCUT2D eigenvalue weighted by Gasteiger charge is 2.33. The summed E-state index contributed by atoms with van der Waals surface area (Å²) in [5.74, 6) is -0.217. The number of carbonyl (C=O) groups excluding carboxylic acids is 1. The SMILES string of the molecule is CN(C)CCN(C)C(=O)c1ncn2c1CN(C)S(=O)(=O)c1ccccc1-2. The lowest BCUT2D eigenvalue weighted by molar-refractivity contribution is 0.0779. The number of benzene rings is 1. The predicted octanol–water partition coefficient (Wildman–Crippen LogP) is 0.640. The third-order valence-electron chi connectivity index (χ3n) is 4.48. The van der Waals surface area contributed by atoms with Gasteiger partial charge in [0.25, 0.3) is 5.91 Å². The fourth-order valence-electron chi connectivity index (χ4n) is 2.88. The average Bonchev–Trinajstić information content (AvgIpc) is 2.98. The lowest BCUT2D eigenvalue weighted by Crippen LogP contribution is -2.34. The van der Waals surface area contributed by atoms with E-state index in [0.717, 1.165) is 6.54 Å². The van der Waals surface area contributed by atoms with Gasteiger partial charge in [0.1, 0.15) is 11.2 Å². The minimum atomic E-state index is -3.63. The number of para-hydroxylation sites is 1. The number of fused-ring (bicyclic) bond motifs is 3. The molecule has 140 valence electrons. The van der Waals surface area contributed by atoms with E-state index in [4.69, 9.17) is 0 Å². The first-order valence-corrected chi connectivity index (χ1v) is 9.69. The average molecular weight is 377 g/mol. The topological polar surface area (TPSA) is 78.8 Å². The van der Waals surface area contributed by atoms with Crippen LogP contribution >= 0.6 is 0 Å². The van der Waals surface area contributed by atoms with E-state index in [2.05, 4.69) is 4.98 Å². The minimum absolute atomic E-state index is 0.0829. The number of sulfonamides is 1. The first-order chi connectivity index (χ1) is 12.2. The molecule has 1 aromatic heterocycles. The Morgan fingerprint density at radius 1 is 1.19 bits per heavy atom. The van der Waals surface area contributed by atoms with Crippen LogP contribution in [-0.4, -0.2) is 79.3 Å². The van der Waals surface area contributed by atoms with Crippen LogP contribution in [0.25, 0.3) is 5.69 Å². The molecular formula is C17H23N5O3S. The van der Waals surface area contributed by atoms with Crippen LogP contribution in [0.2, 0.25) is 0 Å². The second-order valence-corrected chi connectivity index (χ2v) is 8.68. The highest BCUT2D eigenvalue weighted by molar-refractivity contribution is 7.89. The van der Waals surface area contributed by atoms with Crippen LogP contribution in [-0.2, 0) is 16.6 Å². The molecule has 1 amide bonds. The zero-order chi connectivity index (χ0) is 19.1. The molecule has 0 unspecified atom stereocenters. The zero-order valence-electron chi connectivity index (χ0n) is 15.4. The number of rotatable bonds is 4. The molecule has 0 radical (unpaired) electrons. The van der Waals surface area contributed by atoms with E-state index < -0.39 is 10.0 Å². The van der Waals surface area contributed by atoms with Gasteiger partial charge in [-0.3, -0.25) is 9.36 Å². The Bertz CT molecular complexity index is 936. The smallest absolute Gasteiger partial charge is 0.274 e. The van der Waals surface area contributed by atoms with E-state index in [9.17, 15) is 13.2 Å². The summed E-state index contributed by atoms with van der Waals surface area (Å²) in [7, 11) is 3.50. The van der Waals surface area contributed by atoms with Crippen LogP contribution in [0.1, 0.15) is 16.2 Å². The first kappa shape index (κ1) is 18.6. The van der Waals surface area contributed by atoms with Gasteiger partial charge >= 0.3 is 0 Å². The first-order valence-electron chi connectivity index (χ1n) is 8.25. The summed E-state index contributed by atoms with van der Waals surface area (Å²) in [6, 6.07) is 6.75. The van der Waals surface area contributed by atoms with E-state index in [-0.39, 0.29) is 23.0 Å². The van der Waals surface area contributed by atoms with Crippen molar-refractivity contribution in [3.63, 3.8) is 0 Å². The zero-order valence-corrected chi connectivity index (χ0v) is 16.2. The molecule has 0 bridgehead atoms. The number of carbonyl (C=O) groups is 1. The third-order valence-corrected chi connectivity index (χ3v) is 6.33. The monoisotopic (exact) mass is 377 g/mol. The highest BCUT2D eigenvalue weighted by Crippen LogP contribution is 2.30. The van der Waals surface area contributed by atoms with Gasteiger partial charge in [0.15, 0.2) is 5.69 Å². The van der Waals surface area contributed by atoms with Gasteiger partial charge in [-0.05, 0) is 26.2 Å². The summed E-state index contributed by atoms with van der Waals surface area (Å²) in [4.78, 5) is 21.0. The number of amides is 1. The van der Waals surface area contributed by atoms with Crippen molar-refractivity contribution in [1.29, 1.82) is 0 Å². The molecule has 2 heterocycles. The van der Waals surface area contributed by atoms with Crippen molar-refractivity contribution in [3.05, 3.63) is 42.0 Å². The Hall–Kier alpha value is -2.23. The van der Waals surface area contributed by atoms with Crippen LogP contribution in [0.4, 0.5) is 0 Å². The van der Waals surface area contributed by atoms with Gasteiger partial charge in [0.2, 0.25) is 10.0 Å². The second kappa shape index (κ2) is 6.82. The maximum absolute atomic E-state index is 12.8. The second-order valence-electron chi connectivity index (χ2n) is 6.67. The fraction of sp³-hybridized carbons (Fsp3) is 0.412. The summed E-state index contributed by atoms with van der Waals surface area (Å²) in [5, 5.41) is 0. The number of hydrogen-bond acceptors (Lipinski definition) is 5. The molecular weight excluding hydrogens is 354 g/mol. The van der Waals surface area contributed by atoms with Crippen molar-refractivity contribution < 1.29 is 13.2 Å². The van der Waals surface area contributed by atoms with Gasteiger partial charge in [0, 0.05) is 27.2 Å². The number of likely N-dealkylation sites (N-methyl/N-ethyl adjacent to an activating group) is 2. The molecule has 0 N–H and O–H groups in total. The van der Waals surface area contributed by atoms with Crippen molar-refractivity contribution in [2.75, 3.05) is 41.3 Å². The van der Waals surface area contributed by atoms with E-state index in [1.165, 1.54) is 17.7 Å². The molecule has 2 aromatic rings. The lowest BCUT2D eigenvalue weighted by Gasteiger charge is -2.20. The van der Waals surface area contributed by atoms with Crippen LogP contribution in [0, 0.1) is 0 Å². The molecule has 1 aromatic carbocycles. The van der Waals surface area contributed by atoms with Crippen molar-refractivity contribution in [2.45, 2.75) is 11.4 Å². The van der Waals surface area contributed by atoms with Crippen LogP contribution < -0.4 is 0 Å². The minimum Gasteiger partial charge on any atom is -0.339 e. The fourth-order valence-corrected chi connectivity index (χ4v) is 4.19. The molecule has 0 atom stereocenters. The van der Waals surface area contributed by atoms with Crippen molar-refractivity contribution >= 4 is 15.9 Å². The predicted molar refractivity (Wildman–Crippen MR) is 97.7 cm³/mol. The van der Waals surface area contributed by atoms with Gasteiger partial charge in [-0.25, -0.2) is 13.4 Å². The molecule has 0 spiro atoms. The van der Waals surface area contributed by atoms with E-state index >= 15 is 0 Å². The highest BCUT2D eigenvalue weighted by atomic mass is 32.2. The van der Waals surface area contributed by atoms with Gasteiger partial charge < -0.3 is 9.80 Å². The van der Waals surface area contributed by atoms with Crippen LogP contribution in [0.5, 0.6) is 0 Å². The summed E-state index contributed by atoms with van der Waals surface area (Å²) >= 11 is 0. The maximum Gasteiger partial charge on any atom is 0.274 e. The normalized spacial score (nSPS) is 16.0. The number of imidazole rings is 1. The molecule has 3 rings (SSSR count). The van der Waals surface area contributed by atoms with Crippen LogP contribution in [0.3, 0.4) is 0 Å². The summed E-state index contributed by atoms with van der Waals surface area (Å²) in [6.07, 6.45) is 1.52. The number of hydrogen-bond donors (Lipinski definition) is 0. The standard InChI is InChI=1S/C17H23N5O3S/c1-19(2)9-10-20(3)17(23)16-14-11-21(4)26(24,25)15-8-6-5-7-13(15)22(14)12-18-16/h5-8,12H,9-11H2,1-4H3. The molecule has 0 aliphatic carbocycles. The molecule has 0 saturated heterocycles. The third kappa shape index (κ3) is 3.13. The summed E-state index contributed by atoms with van der Waals surface area (Å²) < 4.78 is 28.5. The summed E-state index contributed by atoms with van der Waals surface area (Å²) in [5.41, 5.74) is 1.36. The molecule has 0 fully saturated rings. The Balaban J connectivity index is 2.05. The molecule has 0 saturated carbocycles. The van der Waals surface area contributed by atoms with Gasteiger partial charge in [0.05, 0.1) is 17.9 Å². The Kier molecular flexibility index (Phi) is 4.87. The summed E-state index contributed by atoms with van der Waals surface area (Å²) in [6.45, 7) is 1.37. The number of nitrogens with zero attached hydrogens (tertiary/aromatic N) is 5. The molecule has 9 heteroatoms. The molecule has 1 aliphatic heterocycles. The van der Waals surface area contributed by atoms with Gasteiger partial charge in [-0.2, -0.15) is 4.31 Å². The van der Waals surface area contributed by atoms with E-state index in [1.807, 2.05) is 19.0 Å². The van der Waals surface area contributed by atoms with Gasteiger partial charge in [-0.1, -0.05) is 12.1 Å². The Morgan fingerprint density at radius 2 is 1.88 bits per heavy atom. The van der Waals surface area contributed by atoms with Gasteiger partial charge in [-0.15, -0.1) is 0 Å². The van der Waals surface area contributed by atoms with E-state index in [1.54, 1.807) is 40.8 Å². The maximum atomic E-state index is 12.8. The van der Waals surface area contributed by atoms with Crippen molar-refractivity contribution in [2.24, 2.45) is 0 Å². The lowest BCUT2D eigenvalue weighted by atomic mass is 10.2. The molecule has 8 nitrogen and oxygen atoms in total. The van der Waals surface area contributed by atoms with Crippen molar-refractivity contribution in [1.82, 2.24) is 23.7 Å². The Labute approximate surface area is 153 Å². The quantitative estimate of drug-likeness (QED) is 0.781. The number of aromatic nitrogens is 2. The molecule has 1 aliphatic rings. The molecule has 26 heavy (non-hydrogen) atoms. The van der Waals surface area contributed by atoms with Crippen molar-refractivity contribution in [3.8, 4) is 5.69 Å². The van der Waals surface area contributed by atoms with E-state index in [0.29, 0.717) is 17.9 Å².